The number of nitrogens with one attached hydrogen (secondary N) is 1. The van der Waals surface area contributed by atoms with Gasteiger partial charge in [-0.3, -0.25) is 0 Å². The van der Waals surface area contributed by atoms with Crippen LogP contribution in [0.25, 0.3) is 0 Å². The molecule has 110 valence electrons. The highest BCUT2D eigenvalue weighted by Gasteiger charge is 2.26. The fourth-order valence-electron chi connectivity index (χ4n) is 2.05. The first-order valence-electron chi connectivity index (χ1n) is 6.69. The quantitative estimate of drug-likeness (QED) is 0.764. The van der Waals surface area contributed by atoms with E-state index in [1.54, 1.807) is 11.6 Å². The number of alkyl carbamates (subject to hydrolysis) is 1. The van der Waals surface area contributed by atoms with Crippen LogP contribution < -0.4 is 5.32 Å². The second kappa shape index (κ2) is 6.36. The lowest BCUT2D eigenvalue weighted by molar-refractivity contribution is 0.0517. The van der Waals surface area contributed by atoms with E-state index in [1.165, 1.54) is 0 Å². The van der Waals surface area contributed by atoms with E-state index in [9.17, 15) is 9.59 Å². The van der Waals surface area contributed by atoms with Gasteiger partial charge in [0.05, 0.1) is 25.4 Å². The van der Waals surface area contributed by atoms with Crippen LogP contribution in [-0.4, -0.2) is 46.3 Å². The summed E-state index contributed by atoms with van der Waals surface area (Å²) in [6, 6.07) is 0. The first kappa shape index (κ1) is 14.3. The van der Waals surface area contributed by atoms with Crippen molar-refractivity contribution in [2.45, 2.75) is 39.3 Å². The van der Waals surface area contributed by atoms with E-state index in [-0.39, 0.29) is 11.8 Å². The minimum atomic E-state index is -0.469. The van der Waals surface area contributed by atoms with Crippen molar-refractivity contribution >= 4 is 12.1 Å². The van der Waals surface area contributed by atoms with E-state index in [2.05, 4.69) is 15.6 Å². The molecule has 1 saturated heterocycles. The van der Waals surface area contributed by atoms with Gasteiger partial charge >= 0.3 is 12.1 Å². The molecule has 1 amide bonds. The van der Waals surface area contributed by atoms with Crippen LogP contribution >= 0.6 is 0 Å². The minimum absolute atomic E-state index is 0.242. The lowest BCUT2D eigenvalue weighted by Gasteiger charge is -2.10. The Bertz CT molecular complexity index is 500. The minimum Gasteiger partial charge on any atom is -0.461 e. The van der Waals surface area contributed by atoms with Crippen molar-refractivity contribution in [2.75, 3.05) is 13.2 Å². The molecular weight excluding hydrogens is 264 g/mol. The molecule has 0 radical (unpaired) electrons. The van der Waals surface area contributed by atoms with Gasteiger partial charge < -0.3 is 14.8 Å². The number of carbonyl (C=O) groups is 2. The Hall–Kier alpha value is -2.12. The molecule has 1 atom stereocenters. The molecule has 0 aliphatic carbocycles. The summed E-state index contributed by atoms with van der Waals surface area (Å²) in [5.74, 6) is -0.469. The van der Waals surface area contributed by atoms with Gasteiger partial charge in [0.2, 0.25) is 0 Å². The van der Waals surface area contributed by atoms with Crippen molar-refractivity contribution in [3.05, 3.63) is 11.4 Å². The molecule has 1 aromatic rings. The first-order chi connectivity index (χ1) is 9.65. The van der Waals surface area contributed by atoms with E-state index in [1.807, 2.05) is 6.92 Å². The smallest absolute Gasteiger partial charge is 0.407 e. The number of carbonyl (C=O) groups excluding carboxylic acids is 2. The van der Waals surface area contributed by atoms with Crippen LogP contribution in [0.4, 0.5) is 4.79 Å². The maximum absolute atomic E-state index is 11.8. The average molecular weight is 282 g/mol. The summed E-state index contributed by atoms with van der Waals surface area (Å²) in [5, 5.41) is 10.4. The number of esters is 1. The number of aromatic nitrogens is 3. The van der Waals surface area contributed by atoms with Gasteiger partial charge in [0, 0.05) is 0 Å². The predicted octanol–water partition coefficient (Wildman–Crippen LogP) is 0.516. The lowest BCUT2D eigenvalue weighted by atomic mass is 10.2. The third-order valence-corrected chi connectivity index (χ3v) is 2.92. The second-order valence-corrected chi connectivity index (χ2v) is 4.45. The van der Waals surface area contributed by atoms with E-state index in [0.717, 1.165) is 6.42 Å². The number of nitrogens with zero attached hydrogens (tertiary/aromatic N) is 3. The second-order valence-electron chi connectivity index (χ2n) is 4.45. The molecule has 2 rings (SSSR count). The summed E-state index contributed by atoms with van der Waals surface area (Å²) in [6.07, 6.45) is 0.783. The molecule has 0 bridgehead atoms. The Balaban J connectivity index is 2.15. The molecule has 1 aliphatic heterocycles. The van der Waals surface area contributed by atoms with Crippen LogP contribution in [0, 0.1) is 0 Å². The molecule has 0 aromatic carbocycles. The molecule has 8 heteroatoms. The molecule has 8 nitrogen and oxygen atoms in total. The summed E-state index contributed by atoms with van der Waals surface area (Å²) in [5.41, 5.74) is 0.958. The Morgan fingerprint density at radius 3 is 2.95 bits per heavy atom. The number of hydrogen-bond donors (Lipinski definition) is 1. The SMILES string of the molecule is CCCc1c(C(=O)OCC)nnn1CC1CNC(=O)O1. The fraction of sp³-hybridized carbons (Fsp3) is 0.667. The Morgan fingerprint density at radius 2 is 2.35 bits per heavy atom. The van der Waals surface area contributed by atoms with Crippen LogP contribution in [-0.2, 0) is 22.4 Å². The third-order valence-electron chi connectivity index (χ3n) is 2.92. The van der Waals surface area contributed by atoms with Gasteiger partial charge in [0.25, 0.3) is 0 Å². The molecular formula is C12H18N4O4. The molecule has 1 unspecified atom stereocenters. The largest absolute Gasteiger partial charge is 0.461 e. The number of rotatable bonds is 6. The van der Waals surface area contributed by atoms with Crippen molar-refractivity contribution in [1.29, 1.82) is 0 Å². The monoisotopic (exact) mass is 282 g/mol. The normalized spacial score (nSPS) is 17.7. The van der Waals surface area contributed by atoms with Crippen molar-refractivity contribution in [2.24, 2.45) is 0 Å². The molecule has 1 aliphatic rings. The summed E-state index contributed by atoms with van der Waals surface area (Å²) < 4.78 is 11.6. The summed E-state index contributed by atoms with van der Waals surface area (Å²) in [7, 11) is 0. The zero-order valence-corrected chi connectivity index (χ0v) is 11.6. The zero-order chi connectivity index (χ0) is 14.5. The third kappa shape index (κ3) is 3.06. The summed E-state index contributed by atoms with van der Waals surface area (Å²) in [6.45, 7) is 4.84. The van der Waals surface area contributed by atoms with E-state index in [4.69, 9.17) is 9.47 Å². The number of amides is 1. The lowest BCUT2D eigenvalue weighted by Crippen LogP contribution is -2.23. The van der Waals surface area contributed by atoms with Gasteiger partial charge in [-0.25, -0.2) is 14.3 Å². The molecule has 2 heterocycles. The van der Waals surface area contributed by atoms with Gasteiger partial charge in [-0.1, -0.05) is 18.6 Å². The Labute approximate surface area is 116 Å². The number of hydrogen-bond acceptors (Lipinski definition) is 6. The molecule has 1 fully saturated rings. The van der Waals surface area contributed by atoms with Gasteiger partial charge in [0.15, 0.2) is 5.69 Å². The highest BCUT2D eigenvalue weighted by atomic mass is 16.6. The average Bonchev–Trinajstić information content (AvgIpc) is 2.99. The van der Waals surface area contributed by atoms with Crippen molar-refractivity contribution < 1.29 is 19.1 Å². The van der Waals surface area contributed by atoms with Gasteiger partial charge in [0.1, 0.15) is 6.10 Å². The molecule has 20 heavy (non-hydrogen) atoms. The van der Waals surface area contributed by atoms with Crippen LogP contribution in [0.3, 0.4) is 0 Å². The fourth-order valence-corrected chi connectivity index (χ4v) is 2.05. The van der Waals surface area contributed by atoms with Gasteiger partial charge in [-0.2, -0.15) is 0 Å². The highest BCUT2D eigenvalue weighted by molar-refractivity contribution is 5.88. The predicted molar refractivity (Wildman–Crippen MR) is 68.2 cm³/mol. The van der Waals surface area contributed by atoms with Gasteiger partial charge in [-0.15, -0.1) is 5.10 Å². The standard InChI is InChI=1S/C12H18N4O4/c1-3-5-9-10(11(17)19-4-2)14-15-16(9)7-8-6-13-12(18)20-8/h8H,3-7H2,1-2H3,(H,13,18). The Kier molecular flexibility index (Phi) is 4.54. The van der Waals surface area contributed by atoms with Crippen LogP contribution in [0.15, 0.2) is 0 Å². The van der Waals surface area contributed by atoms with E-state index in [0.29, 0.717) is 31.8 Å². The molecule has 0 spiro atoms. The van der Waals surface area contributed by atoms with Crippen LogP contribution in [0.1, 0.15) is 36.5 Å². The summed E-state index contributed by atoms with van der Waals surface area (Å²) in [4.78, 5) is 22.8. The van der Waals surface area contributed by atoms with Crippen LogP contribution in [0.2, 0.25) is 0 Å². The van der Waals surface area contributed by atoms with E-state index >= 15 is 0 Å². The molecule has 1 N–H and O–H groups in total. The van der Waals surface area contributed by atoms with Crippen LogP contribution in [0.5, 0.6) is 0 Å². The molecule has 1 aromatic heterocycles. The van der Waals surface area contributed by atoms with Crippen molar-refractivity contribution in [3.8, 4) is 0 Å². The number of cyclic esters (lactones) is 1. The summed E-state index contributed by atoms with van der Waals surface area (Å²) >= 11 is 0. The number of ether oxygens (including phenoxy) is 2. The zero-order valence-electron chi connectivity index (χ0n) is 11.6. The maximum atomic E-state index is 11.8. The van der Waals surface area contributed by atoms with Crippen molar-refractivity contribution in [1.82, 2.24) is 20.3 Å². The topological polar surface area (TPSA) is 95.3 Å². The van der Waals surface area contributed by atoms with Crippen molar-refractivity contribution in [3.63, 3.8) is 0 Å². The Morgan fingerprint density at radius 1 is 1.55 bits per heavy atom. The first-order valence-corrected chi connectivity index (χ1v) is 6.69. The highest BCUT2D eigenvalue weighted by Crippen LogP contribution is 2.12. The van der Waals surface area contributed by atoms with E-state index < -0.39 is 12.1 Å². The molecule has 0 saturated carbocycles. The maximum Gasteiger partial charge on any atom is 0.407 e. The van der Waals surface area contributed by atoms with Gasteiger partial charge in [-0.05, 0) is 13.3 Å².